The van der Waals surface area contributed by atoms with Crippen LogP contribution in [0.1, 0.15) is 21.7 Å². The van der Waals surface area contributed by atoms with E-state index in [-0.39, 0.29) is 10.8 Å². The normalized spacial score (nSPS) is 11.7. The van der Waals surface area contributed by atoms with Crippen LogP contribution in [-0.4, -0.2) is 23.7 Å². The minimum absolute atomic E-state index is 0.0176. The summed E-state index contributed by atoms with van der Waals surface area (Å²) in [5.74, 6) is -0.342. The van der Waals surface area contributed by atoms with E-state index in [1.165, 1.54) is 24.3 Å². The number of amides is 1. The lowest BCUT2D eigenvalue weighted by Gasteiger charge is -2.08. The highest BCUT2D eigenvalue weighted by molar-refractivity contribution is 9.10. The molecule has 0 saturated heterocycles. The van der Waals surface area contributed by atoms with Crippen LogP contribution < -0.4 is 10.5 Å². The first-order valence-corrected chi connectivity index (χ1v) is 9.60. The quantitative estimate of drug-likeness (QED) is 0.676. The number of carbonyl (C=O) groups excluding carboxylic acids is 1. The van der Waals surface area contributed by atoms with Gasteiger partial charge in [-0.3, -0.25) is 9.20 Å². The van der Waals surface area contributed by atoms with Gasteiger partial charge in [0.2, 0.25) is 10.0 Å². The minimum atomic E-state index is -3.77. The second kappa shape index (κ2) is 6.25. The standard InChI is InChI=1S/C16H15BrN4O3S/c1-9-7-11(17)8-21-14(10(2)19-15(9)21)16(22)20-12-3-5-13(6-4-12)25(18,23)24/h3-8H,1-2H3,(H,20,22)(H2,18,23,24). The Morgan fingerprint density at radius 2 is 1.88 bits per heavy atom. The van der Waals surface area contributed by atoms with E-state index >= 15 is 0 Å². The van der Waals surface area contributed by atoms with E-state index in [1.807, 2.05) is 13.0 Å². The van der Waals surface area contributed by atoms with Crippen molar-refractivity contribution in [3.8, 4) is 0 Å². The van der Waals surface area contributed by atoms with E-state index in [0.29, 0.717) is 22.7 Å². The van der Waals surface area contributed by atoms with E-state index < -0.39 is 10.0 Å². The van der Waals surface area contributed by atoms with Gasteiger partial charge in [-0.25, -0.2) is 18.5 Å². The molecular formula is C16H15BrN4O3S. The van der Waals surface area contributed by atoms with Gasteiger partial charge in [-0.15, -0.1) is 0 Å². The highest BCUT2D eigenvalue weighted by Gasteiger charge is 2.18. The van der Waals surface area contributed by atoms with E-state index in [4.69, 9.17) is 5.14 Å². The van der Waals surface area contributed by atoms with Crippen LogP contribution in [0.15, 0.2) is 45.9 Å². The van der Waals surface area contributed by atoms with Gasteiger partial charge >= 0.3 is 0 Å². The molecule has 0 radical (unpaired) electrons. The number of rotatable bonds is 3. The number of pyridine rings is 1. The summed E-state index contributed by atoms with van der Waals surface area (Å²) in [6.45, 7) is 3.68. The minimum Gasteiger partial charge on any atom is -0.321 e. The van der Waals surface area contributed by atoms with Crippen molar-refractivity contribution in [3.05, 3.63) is 58.0 Å². The first-order valence-electron chi connectivity index (χ1n) is 7.26. The second-order valence-corrected chi connectivity index (χ2v) is 8.08. The third-order valence-corrected chi connectivity index (χ3v) is 5.06. The molecule has 1 aromatic carbocycles. The number of benzene rings is 1. The zero-order chi connectivity index (χ0) is 18.4. The van der Waals surface area contributed by atoms with Crippen molar-refractivity contribution in [2.45, 2.75) is 18.7 Å². The summed E-state index contributed by atoms with van der Waals surface area (Å²) >= 11 is 3.42. The number of nitrogens with one attached hydrogen (secondary N) is 1. The van der Waals surface area contributed by atoms with Crippen molar-refractivity contribution < 1.29 is 13.2 Å². The van der Waals surface area contributed by atoms with Gasteiger partial charge in [0.1, 0.15) is 11.3 Å². The third-order valence-electron chi connectivity index (χ3n) is 3.70. The molecule has 3 N–H and O–H groups in total. The fourth-order valence-electron chi connectivity index (χ4n) is 2.57. The second-order valence-electron chi connectivity index (χ2n) is 5.60. The molecule has 7 nitrogen and oxygen atoms in total. The Kier molecular flexibility index (Phi) is 4.40. The zero-order valence-corrected chi connectivity index (χ0v) is 15.8. The fourth-order valence-corrected chi connectivity index (χ4v) is 3.64. The summed E-state index contributed by atoms with van der Waals surface area (Å²) in [6, 6.07) is 7.57. The molecule has 3 rings (SSSR count). The van der Waals surface area contributed by atoms with Gasteiger partial charge in [-0.1, -0.05) is 0 Å². The zero-order valence-electron chi connectivity index (χ0n) is 13.4. The highest BCUT2D eigenvalue weighted by Crippen LogP contribution is 2.21. The average molecular weight is 423 g/mol. The highest BCUT2D eigenvalue weighted by atomic mass is 79.9. The van der Waals surface area contributed by atoms with Crippen LogP contribution >= 0.6 is 15.9 Å². The molecule has 0 aliphatic carbocycles. The number of halogens is 1. The molecule has 0 atom stereocenters. The van der Waals surface area contributed by atoms with Gasteiger partial charge in [-0.2, -0.15) is 0 Å². The Labute approximate surface area is 153 Å². The molecular weight excluding hydrogens is 408 g/mol. The molecule has 0 aliphatic rings. The molecule has 0 aliphatic heterocycles. The van der Waals surface area contributed by atoms with Crippen molar-refractivity contribution in [1.29, 1.82) is 0 Å². The first kappa shape index (κ1) is 17.6. The first-order chi connectivity index (χ1) is 11.7. The van der Waals surface area contributed by atoms with Crippen molar-refractivity contribution >= 4 is 43.2 Å². The van der Waals surface area contributed by atoms with Gasteiger partial charge in [0.05, 0.1) is 10.6 Å². The number of nitrogens with zero attached hydrogens (tertiary/aromatic N) is 2. The molecule has 0 spiro atoms. The number of anilines is 1. The summed E-state index contributed by atoms with van der Waals surface area (Å²) in [5, 5.41) is 7.81. The summed E-state index contributed by atoms with van der Waals surface area (Å²) in [5.41, 5.74) is 3.11. The Morgan fingerprint density at radius 3 is 2.48 bits per heavy atom. The van der Waals surface area contributed by atoms with Crippen LogP contribution in [0.5, 0.6) is 0 Å². The summed E-state index contributed by atoms with van der Waals surface area (Å²) in [6.07, 6.45) is 1.78. The molecule has 3 aromatic rings. The van der Waals surface area contributed by atoms with Crippen LogP contribution in [0.2, 0.25) is 0 Å². The number of nitrogens with two attached hydrogens (primary N) is 1. The van der Waals surface area contributed by atoms with Crippen molar-refractivity contribution in [3.63, 3.8) is 0 Å². The SMILES string of the molecule is Cc1nc2c(C)cc(Br)cn2c1C(=O)Nc1ccc(S(N)(=O)=O)cc1. The number of aromatic nitrogens is 2. The largest absolute Gasteiger partial charge is 0.321 e. The van der Waals surface area contributed by atoms with Crippen molar-refractivity contribution in [2.75, 3.05) is 5.32 Å². The van der Waals surface area contributed by atoms with Crippen LogP contribution in [0.25, 0.3) is 5.65 Å². The predicted molar refractivity (Wildman–Crippen MR) is 98.1 cm³/mol. The van der Waals surface area contributed by atoms with Crippen molar-refractivity contribution in [1.82, 2.24) is 9.38 Å². The number of hydrogen-bond donors (Lipinski definition) is 2. The molecule has 0 unspecified atom stereocenters. The maximum atomic E-state index is 12.7. The van der Waals surface area contributed by atoms with Crippen LogP contribution in [0.4, 0.5) is 5.69 Å². The fraction of sp³-hybridized carbons (Fsp3) is 0.125. The molecule has 2 heterocycles. The molecule has 1 amide bonds. The van der Waals surface area contributed by atoms with Gasteiger partial charge in [0.15, 0.2) is 0 Å². The Balaban J connectivity index is 1.97. The summed E-state index contributed by atoms with van der Waals surface area (Å²) in [7, 11) is -3.77. The number of carbonyl (C=O) groups is 1. The Bertz CT molecular complexity index is 1090. The maximum Gasteiger partial charge on any atom is 0.274 e. The van der Waals surface area contributed by atoms with Gasteiger partial charge in [0.25, 0.3) is 5.91 Å². The summed E-state index contributed by atoms with van der Waals surface area (Å²) in [4.78, 5) is 17.1. The molecule has 0 bridgehead atoms. The number of primary sulfonamides is 1. The topological polar surface area (TPSA) is 107 Å². The van der Waals surface area contributed by atoms with Crippen molar-refractivity contribution in [2.24, 2.45) is 5.14 Å². The molecule has 0 saturated carbocycles. The lowest BCUT2D eigenvalue weighted by molar-refractivity contribution is 0.102. The van der Waals surface area contributed by atoms with E-state index in [1.54, 1.807) is 17.5 Å². The van der Waals surface area contributed by atoms with Crippen LogP contribution in [0, 0.1) is 13.8 Å². The lowest BCUT2D eigenvalue weighted by Crippen LogP contribution is -2.16. The molecule has 9 heteroatoms. The van der Waals surface area contributed by atoms with Gasteiger partial charge in [0, 0.05) is 16.4 Å². The average Bonchev–Trinajstić information content (AvgIpc) is 2.83. The number of hydrogen-bond acceptors (Lipinski definition) is 4. The number of imidazole rings is 1. The van der Waals surface area contributed by atoms with E-state index in [0.717, 1.165) is 10.0 Å². The number of fused-ring (bicyclic) bond motifs is 1. The summed E-state index contributed by atoms with van der Waals surface area (Å²) < 4.78 is 25.1. The van der Waals surface area contributed by atoms with E-state index in [2.05, 4.69) is 26.2 Å². The molecule has 25 heavy (non-hydrogen) atoms. The predicted octanol–water partition coefficient (Wildman–Crippen LogP) is 2.61. The smallest absolute Gasteiger partial charge is 0.274 e. The lowest BCUT2D eigenvalue weighted by atomic mass is 10.2. The molecule has 2 aromatic heterocycles. The third kappa shape index (κ3) is 3.44. The van der Waals surface area contributed by atoms with Crippen LogP contribution in [0.3, 0.4) is 0 Å². The Hall–Kier alpha value is -2.23. The monoisotopic (exact) mass is 422 g/mol. The maximum absolute atomic E-state index is 12.7. The molecule has 0 fully saturated rings. The Morgan fingerprint density at radius 1 is 1.24 bits per heavy atom. The number of aryl methyl sites for hydroxylation is 2. The van der Waals surface area contributed by atoms with Gasteiger partial charge < -0.3 is 5.32 Å². The number of sulfonamides is 1. The van der Waals surface area contributed by atoms with Gasteiger partial charge in [-0.05, 0) is 65.7 Å². The van der Waals surface area contributed by atoms with Crippen LogP contribution in [-0.2, 0) is 10.0 Å². The molecule has 130 valence electrons. The van der Waals surface area contributed by atoms with E-state index in [9.17, 15) is 13.2 Å².